The molecular weight excluding hydrogens is 262 g/mol. The molecule has 110 valence electrons. The zero-order chi connectivity index (χ0) is 14.0. The Morgan fingerprint density at radius 3 is 2.55 bits per heavy atom. The molecule has 0 heterocycles. The van der Waals surface area contributed by atoms with Crippen molar-refractivity contribution in [3.05, 3.63) is 35.4 Å². The van der Waals surface area contributed by atoms with Gasteiger partial charge in [-0.15, -0.1) is 0 Å². The van der Waals surface area contributed by atoms with E-state index in [2.05, 4.69) is 54.5 Å². The molecule has 2 aliphatic rings. The summed E-state index contributed by atoms with van der Waals surface area (Å²) in [6.07, 6.45) is 10.6. The number of aryl methyl sites for hydroxylation is 1. The number of thioether (sulfide) groups is 1. The molecule has 2 saturated carbocycles. The minimum atomic E-state index is 0.549. The van der Waals surface area contributed by atoms with E-state index in [4.69, 9.17) is 0 Å². The van der Waals surface area contributed by atoms with Gasteiger partial charge < -0.3 is 5.32 Å². The van der Waals surface area contributed by atoms with E-state index >= 15 is 0 Å². The van der Waals surface area contributed by atoms with Crippen LogP contribution in [-0.4, -0.2) is 23.6 Å². The Labute approximate surface area is 127 Å². The van der Waals surface area contributed by atoms with Gasteiger partial charge in [-0.25, -0.2) is 0 Å². The fourth-order valence-corrected chi connectivity index (χ4v) is 4.81. The minimum absolute atomic E-state index is 0.549. The first kappa shape index (κ1) is 14.5. The Morgan fingerprint density at radius 2 is 1.90 bits per heavy atom. The zero-order valence-electron chi connectivity index (χ0n) is 12.8. The Morgan fingerprint density at radius 1 is 1.20 bits per heavy atom. The van der Waals surface area contributed by atoms with Gasteiger partial charge in [-0.3, -0.25) is 0 Å². The molecule has 2 aliphatic carbocycles. The van der Waals surface area contributed by atoms with Crippen LogP contribution in [0.1, 0.15) is 55.6 Å². The van der Waals surface area contributed by atoms with Gasteiger partial charge in [0.15, 0.2) is 0 Å². The maximum Gasteiger partial charge on any atom is 0.0281 e. The lowest BCUT2D eigenvalue weighted by atomic mass is 9.74. The van der Waals surface area contributed by atoms with Crippen LogP contribution in [0, 0.1) is 6.92 Å². The van der Waals surface area contributed by atoms with E-state index in [-0.39, 0.29) is 0 Å². The van der Waals surface area contributed by atoms with E-state index in [1.807, 2.05) is 0 Å². The minimum Gasteiger partial charge on any atom is -0.313 e. The number of hydrogen-bond donors (Lipinski definition) is 1. The molecule has 0 aromatic heterocycles. The molecule has 0 bridgehead atoms. The highest BCUT2D eigenvalue weighted by molar-refractivity contribution is 8.00. The van der Waals surface area contributed by atoms with Gasteiger partial charge in [-0.1, -0.05) is 37.1 Å². The van der Waals surface area contributed by atoms with Crippen molar-refractivity contribution in [1.82, 2.24) is 5.32 Å². The highest BCUT2D eigenvalue weighted by Crippen LogP contribution is 2.42. The average Bonchev–Trinajstić information content (AvgIpc) is 2.88. The van der Waals surface area contributed by atoms with Crippen LogP contribution < -0.4 is 5.32 Å². The lowest BCUT2D eigenvalue weighted by Gasteiger charge is -2.39. The van der Waals surface area contributed by atoms with Gasteiger partial charge in [0.25, 0.3) is 0 Å². The Bertz CT molecular complexity index is 444. The maximum atomic E-state index is 3.85. The monoisotopic (exact) mass is 289 g/mol. The highest BCUT2D eigenvalue weighted by Gasteiger charge is 2.36. The first-order chi connectivity index (χ1) is 9.72. The predicted octanol–water partition coefficient (Wildman–Crippen LogP) is 4.51. The largest absolute Gasteiger partial charge is 0.313 e. The third-order valence-corrected chi connectivity index (χ3v) is 6.85. The van der Waals surface area contributed by atoms with Crippen molar-refractivity contribution in [2.45, 2.75) is 62.2 Å². The second-order valence-electron chi connectivity index (χ2n) is 6.70. The molecule has 1 aromatic rings. The van der Waals surface area contributed by atoms with Crippen LogP contribution in [0.2, 0.25) is 0 Å². The molecule has 3 rings (SSSR count). The summed E-state index contributed by atoms with van der Waals surface area (Å²) in [7, 11) is 0. The van der Waals surface area contributed by atoms with Gasteiger partial charge in [0.05, 0.1) is 0 Å². The summed E-state index contributed by atoms with van der Waals surface area (Å²) in [6, 6.07) is 9.65. The summed E-state index contributed by atoms with van der Waals surface area (Å²) >= 11 is 2.09. The van der Waals surface area contributed by atoms with Crippen LogP contribution in [0.25, 0.3) is 0 Å². The summed E-state index contributed by atoms with van der Waals surface area (Å²) in [6.45, 7) is 3.47. The van der Waals surface area contributed by atoms with Crippen molar-refractivity contribution >= 4 is 11.8 Å². The maximum absolute atomic E-state index is 3.85. The number of rotatable bonds is 5. The van der Waals surface area contributed by atoms with E-state index in [1.54, 1.807) is 5.56 Å². The Balaban J connectivity index is 1.48. The van der Waals surface area contributed by atoms with Crippen molar-refractivity contribution in [3.8, 4) is 0 Å². The molecular formula is C18H27NS. The van der Waals surface area contributed by atoms with E-state index < -0.39 is 0 Å². The van der Waals surface area contributed by atoms with Gasteiger partial charge in [0.2, 0.25) is 0 Å². The number of hydrogen-bond acceptors (Lipinski definition) is 2. The normalized spacial score (nSPS) is 28.3. The van der Waals surface area contributed by atoms with Crippen molar-refractivity contribution in [2.24, 2.45) is 0 Å². The summed E-state index contributed by atoms with van der Waals surface area (Å²) in [5, 5.41) is 3.85. The first-order valence-corrected chi connectivity index (χ1v) is 9.29. The topological polar surface area (TPSA) is 12.0 Å². The van der Waals surface area contributed by atoms with Gasteiger partial charge in [0, 0.05) is 17.3 Å². The Hall–Kier alpha value is -0.470. The quantitative estimate of drug-likeness (QED) is 0.856. The van der Waals surface area contributed by atoms with Crippen molar-refractivity contribution in [3.63, 3.8) is 0 Å². The van der Waals surface area contributed by atoms with Gasteiger partial charge in [-0.05, 0) is 55.9 Å². The lowest BCUT2D eigenvalue weighted by Crippen LogP contribution is -2.46. The fraction of sp³-hybridized carbons (Fsp3) is 0.667. The van der Waals surface area contributed by atoms with E-state index in [9.17, 15) is 0 Å². The van der Waals surface area contributed by atoms with E-state index in [0.29, 0.717) is 4.75 Å². The smallest absolute Gasteiger partial charge is 0.0281 e. The molecule has 0 unspecified atom stereocenters. The Kier molecular flexibility index (Phi) is 4.42. The molecule has 0 atom stereocenters. The number of nitrogens with one attached hydrogen (secondary N) is 1. The van der Waals surface area contributed by atoms with Crippen molar-refractivity contribution in [2.75, 3.05) is 12.8 Å². The average molecular weight is 289 g/mol. The third-order valence-electron chi connectivity index (χ3n) is 5.43. The molecule has 1 nitrogen and oxygen atoms in total. The molecule has 0 radical (unpaired) electrons. The summed E-state index contributed by atoms with van der Waals surface area (Å²) in [4.78, 5) is 0. The van der Waals surface area contributed by atoms with Gasteiger partial charge in [-0.2, -0.15) is 11.8 Å². The van der Waals surface area contributed by atoms with E-state index in [0.717, 1.165) is 12.0 Å². The lowest BCUT2D eigenvalue weighted by molar-refractivity contribution is 0.281. The van der Waals surface area contributed by atoms with Gasteiger partial charge >= 0.3 is 0 Å². The molecule has 20 heavy (non-hydrogen) atoms. The van der Waals surface area contributed by atoms with Gasteiger partial charge in [0.1, 0.15) is 0 Å². The molecule has 1 N–H and O–H groups in total. The first-order valence-electron chi connectivity index (χ1n) is 8.06. The van der Waals surface area contributed by atoms with Crippen molar-refractivity contribution in [1.29, 1.82) is 0 Å². The zero-order valence-corrected chi connectivity index (χ0v) is 13.6. The summed E-state index contributed by atoms with van der Waals surface area (Å²) in [5.74, 6) is 0.794. The molecule has 1 aromatic carbocycles. The molecule has 0 spiro atoms. The summed E-state index contributed by atoms with van der Waals surface area (Å²) in [5.41, 5.74) is 3.04. The van der Waals surface area contributed by atoms with Crippen LogP contribution in [0.15, 0.2) is 24.3 Å². The summed E-state index contributed by atoms with van der Waals surface area (Å²) < 4.78 is 0.549. The van der Waals surface area contributed by atoms with Crippen LogP contribution in [0.3, 0.4) is 0 Å². The van der Waals surface area contributed by atoms with Crippen LogP contribution in [0.4, 0.5) is 0 Å². The standard InChI is InChI=1S/C18H27NS/c1-14-7-3-4-8-17(14)15-11-16(12-15)19-13-18(20-2)9-5-6-10-18/h3-4,7-8,15-16,19H,5-6,9-13H2,1-2H3. The molecule has 0 saturated heterocycles. The van der Waals surface area contributed by atoms with Crippen molar-refractivity contribution < 1.29 is 0 Å². The molecule has 2 heteroatoms. The second-order valence-corrected chi connectivity index (χ2v) is 7.97. The van der Waals surface area contributed by atoms with Crippen LogP contribution >= 0.6 is 11.8 Å². The highest BCUT2D eigenvalue weighted by atomic mass is 32.2. The second kappa shape index (κ2) is 6.11. The molecule has 0 amide bonds. The predicted molar refractivity (Wildman–Crippen MR) is 89.7 cm³/mol. The van der Waals surface area contributed by atoms with Crippen LogP contribution in [-0.2, 0) is 0 Å². The SMILES string of the molecule is CSC1(CNC2CC(c3ccccc3C)C2)CCCC1. The third kappa shape index (κ3) is 2.92. The number of benzene rings is 1. The van der Waals surface area contributed by atoms with Crippen LogP contribution in [0.5, 0.6) is 0 Å². The molecule has 2 fully saturated rings. The van der Waals surface area contributed by atoms with E-state index in [1.165, 1.54) is 50.6 Å². The fourth-order valence-electron chi connectivity index (χ4n) is 3.89. The molecule has 0 aliphatic heterocycles.